The second kappa shape index (κ2) is 11.8. The monoisotopic (exact) mass is 607 g/mol. The van der Waals surface area contributed by atoms with E-state index < -0.39 is 41.4 Å². The topological polar surface area (TPSA) is 118 Å². The van der Waals surface area contributed by atoms with Gasteiger partial charge < -0.3 is 29.4 Å². The number of carbonyl (C=O) groups excluding carboxylic acids is 1. The quantitative estimate of drug-likeness (QED) is 0.232. The van der Waals surface area contributed by atoms with Crippen molar-refractivity contribution in [3.8, 4) is 6.07 Å². The lowest BCUT2D eigenvalue weighted by Gasteiger charge is -2.37. The number of nitrogen functional groups attached to an aromatic ring is 1. The number of nitrogens with zero attached hydrogens (tertiary/aromatic N) is 2. The number of hydrogen-bond acceptors (Lipinski definition) is 8. The predicted octanol–water partition coefficient (Wildman–Crippen LogP) is 6.31. The molecular formula is C36H37N3O6. The molecular weight excluding hydrogens is 570 g/mol. The number of anilines is 1. The van der Waals surface area contributed by atoms with Gasteiger partial charge in [-0.25, -0.2) is 9.36 Å². The molecule has 0 spiro atoms. The number of aromatic nitrogens is 1. The highest BCUT2D eigenvalue weighted by Gasteiger charge is 2.64. The molecule has 0 amide bonds. The zero-order chi connectivity index (χ0) is 31.8. The molecule has 1 aromatic heterocycles. The number of carbonyl (C=O) groups is 1. The highest BCUT2D eigenvalue weighted by molar-refractivity contribution is 5.77. The minimum Gasteiger partial charge on any atom is -0.449 e. The van der Waals surface area contributed by atoms with E-state index in [0.29, 0.717) is 5.56 Å². The highest BCUT2D eigenvalue weighted by atomic mass is 16.8. The minimum absolute atomic E-state index is 0.0266. The maximum absolute atomic E-state index is 12.7. The smallest absolute Gasteiger partial charge is 0.419 e. The van der Waals surface area contributed by atoms with Crippen molar-refractivity contribution in [2.45, 2.75) is 63.0 Å². The van der Waals surface area contributed by atoms with E-state index in [1.807, 2.05) is 81.4 Å². The lowest BCUT2D eigenvalue weighted by molar-refractivity contribution is -0.210. The number of benzene rings is 3. The van der Waals surface area contributed by atoms with Crippen LogP contribution in [-0.4, -0.2) is 47.5 Å². The van der Waals surface area contributed by atoms with Gasteiger partial charge in [-0.05, 0) is 44.4 Å². The van der Waals surface area contributed by atoms with Crippen molar-refractivity contribution in [3.63, 3.8) is 0 Å². The molecule has 9 heteroatoms. The summed E-state index contributed by atoms with van der Waals surface area (Å²) in [5.74, 6) is -0.939. The zero-order valence-corrected chi connectivity index (χ0v) is 25.8. The fourth-order valence-electron chi connectivity index (χ4n) is 6.75. The molecule has 4 atom stereocenters. The molecule has 0 unspecified atom stereocenters. The van der Waals surface area contributed by atoms with Gasteiger partial charge in [-0.2, -0.15) is 5.26 Å². The average Bonchev–Trinajstić information content (AvgIpc) is 3.61. The summed E-state index contributed by atoms with van der Waals surface area (Å²) in [6.45, 7) is 7.57. The first-order valence-electron chi connectivity index (χ1n) is 15.1. The van der Waals surface area contributed by atoms with Crippen LogP contribution in [0.1, 0.15) is 61.7 Å². The van der Waals surface area contributed by atoms with E-state index in [9.17, 15) is 10.1 Å². The number of hydrogen-bond donors (Lipinski definition) is 1. The third-order valence-electron chi connectivity index (χ3n) is 8.54. The molecule has 0 radical (unpaired) electrons. The van der Waals surface area contributed by atoms with Crippen molar-refractivity contribution in [3.05, 3.63) is 125 Å². The molecule has 0 aliphatic carbocycles. The van der Waals surface area contributed by atoms with E-state index in [4.69, 9.17) is 29.4 Å². The molecule has 2 fully saturated rings. The Morgan fingerprint density at radius 2 is 1.49 bits per heavy atom. The molecule has 232 valence electrons. The Labute approximate surface area is 263 Å². The standard InChI is InChI=1S/C36H37N3O6/c1-5-41-33(40)39-22-27(30(38)28(39)21-37)31-35(4)32(44-34(2,3)45-35)29(43-31)23-42-36(24-15-9-6-10-16-24,25-17-11-7-12-18-25)26-19-13-8-14-20-26/h6-20,22,29,31-32H,5,23,38H2,1-4H3/t29-,31+,32+,35-/m0/s1. The minimum atomic E-state index is -1.02. The van der Waals surface area contributed by atoms with Crippen molar-refractivity contribution in [1.29, 1.82) is 5.26 Å². The van der Waals surface area contributed by atoms with Gasteiger partial charge in [0, 0.05) is 11.8 Å². The molecule has 45 heavy (non-hydrogen) atoms. The first-order valence-corrected chi connectivity index (χ1v) is 15.1. The number of nitrogens with two attached hydrogens (primary N) is 1. The molecule has 3 aromatic carbocycles. The predicted molar refractivity (Wildman–Crippen MR) is 167 cm³/mol. The molecule has 2 saturated heterocycles. The average molecular weight is 608 g/mol. The van der Waals surface area contributed by atoms with Gasteiger partial charge in [0.2, 0.25) is 0 Å². The van der Waals surface area contributed by atoms with Crippen molar-refractivity contribution < 1.29 is 28.5 Å². The summed E-state index contributed by atoms with van der Waals surface area (Å²) in [4.78, 5) is 12.7. The van der Waals surface area contributed by atoms with E-state index in [1.54, 1.807) is 6.92 Å². The third-order valence-corrected chi connectivity index (χ3v) is 8.54. The Bertz CT molecular complexity index is 1600. The summed E-state index contributed by atoms with van der Waals surface area (Å²) in [5, 5.41) is 9.88. The van der Waals surface area contributed by atoms with Crippen LogP contribution in [0.5, 0.6) is 0 Å². The second-order valence-corrected chi connectivity index (χ2v) is 11.9. The molecule has 0 bridgehead atoms. The summed E-state index contributed by atoms with van der Waals surface area (Å²) in [6, 6.07) is 32.3. The van der Waals surface area contributed by atoms with Gasteiger partial charge >= 0.3 is 6.09 Å². The van der Waals surface area contributed by atoms with Crippen molar-refractivity contribution >= 4 is 11.8 Å². The Kier molecular flexibility index (Phi) is 8.02. The van der Waals surface area contributed by atoms with Gasteiger partial charge in [0.25, 0.3) is 0 Å². The fourth-order valence-corrected chi connectivity index (χ4v) is 6.75. The normalized spacial score (nSPS) is 23.8. The number of nitriles is 1. The van der Waals surface area contributed by atoms with Crippen LogP contribution in [0.4, 0.5) is 10.5 Å². The van der Waals surface area contributed by atoms with E-state index >= 15 is 0 Å². The van der Waals surface area contributed by atoms with Gasteiger partial charge in [0.1, 0.15) is 35.6 Å². The zero-order valence-electron chi connectivity index (χ0n) is 25.8. The van der Waals surface area contributed by atoms with Gasteiger partial charge in [0.15, 0.2) is 11.5 Å². The van der Waals surface area contributed by atoms with Gasteiger partial charge in [0.05, 0.1) is 18.9 Å². The largest absolute Gasteiger partial charge is 0.449 e. The van der Waals surface area contributed by atoms with Gasteiger partial charge in [-0.3, -0.25) is 0 Å². The molecule has 3 heterocycles. The van der Waals surface area contributed by atoms with Crippen LogP contribution in [0.15, 0.2) is 97.2 Å². The van der Waals surface area contributed by atoms with Crippen molar-refractivity contribution in [1.82, 2.24) is 4.57 Å². The van der Waals surface area contributed by atoms with Crippen LogP contribution in [0.25, 0.3) is 0 Å². The Hall–Kier alpha value is -4.46. The second-order valence-electron chi connectivity index (χ2n) is 11.9. The van der Waals surface area contributed by atoms with Crippen LogP contribution in [0.3, 0.4) is 0 Å². The third kappa shape index (κ3) is 5.20. The highest BCUT2D eigenvalue weighted by Crippen LogP contribution is 2.54. The molecule has 6 rings (SSSR count). The maximum Gasteiger partial charge on any atom is 0.419 e. The summed E-state index contributed by atoms with van der Waals surface area (Å²) < 4.78 is 33.1. The summed E-state index contributed by atoms with van der Waals surface area (Å²) >= 11 is 0. The molecule has 9 nitrogen and oxygen atoms in total. The Morgan fingerprint density at radius 3 is 1.98 bits per heavy atom. The molecule has 4 aromatic rings. The molecule has 0 saturated carbocycles. The Morgan fingerprint density at radius 1 is 0.956 bits per heavy atom. The van der Waals surface area contributed by atoms with E-state index in [1.165, 1.54) is 6.20 Å². The number of fused-ring (bicyclic) bond motifs is 1. The number of rotatable bonds is 8. The lowest BCUT2D eigenvalue weighted by Crippen LogP contribution is -2.42. The van der Waals surface area contributed by atoms with Crippen LogP contribution in [0.2, 0.25) is 0 Å². The van der Waals surface area contributed by atoms with E-state index in [2.05, 4.69) is 36.4 Å². The first kappa shape index (κ1) is 30.6. The Balaban J connectivity index is 1.42. The van der Waals surface area contributed by atoms with E-state index in [-0.39, 0.29) is 24.6 Å². The summed E-state index contributed by atoms with van der Waals surface area (Å²) in [5.41, 5.74) is 7.91. The van der Waals surface area contributed by atoms with E-state index in [0.717, 1.165) is 21.3 Å². The van der Waals surface area contributed by atoms with Crippen LogP contribution >= 0.6 is 0 Å². The van der Waals surface area contributed by atoms with Crippen molar-refractivity contribution in [2.24, 2.45) is 0 Å². The van der Waals surface area contributed by atoms with Gasteiger partial charge in [-0.15, -0.1) is 0 Å². The maximum atomic E-state index is 12.7. The number of ether oxygens (including phenoxy) is 5. The fraction of sp³-hybridized carbons (Fsp3) is 0.333. The van der Waals surface area contributed by atoms with Crippen LogP contribution in [0, 0.1) is 11.3 Å². The summed E-state index contributed by atoms with van der Waals surface area (Å²) in [6.07, 6.45) is -1.14. The van der Waals surface area contributed by atoms with Crippen LogP contribution in [-0.2, 0) is 29.3 Å². The lowest BCUT2D eigenvalue weighted by atomic mass is 9.80. The summed E-state index contributed by atoms with van der Waals surface area (Å²) in [7, 11) is 0. The molecule has 2 aliphatic heterocycles. The molecule has 2 N–H and O–H groups in total. The molecule has 2 aliphatic rings. The van der Waals surface area contributed by atoms with Crippen LogP contribution < -0.4 is 5.73 Å². The first-order chi connectivity index (χ1) is 21.6. The SMILES string of the molecule is CCOC(=O)n1cc([C@H]2O[C@@H](COC(c3ccccc3)(c3ccccc3)c3ccccc3)[C@H]3OC(C)(C)O[C@@]23C)c(N)c1C#N. The van der Waals surface area contributed by atoms with Gasteiger partial charge in [-0.1, -0.05) is 91.0 Å². The van der Waals surface area contributed by atoms with Crippen molar-refractivity contribution in [2.75, 3.05) is 18.9 Å².